The van der Waals surface area contributed by atoms with E-state index >= 15 is 0 Å². The molecule has 2 unspecified atom stereocenters. The molecule has 1 saturated heterocycles. The highest BCUT2D eigenvalue weighted by molar-refractivity contribution is 5.16. The summed E-state index contributed by atoms with van der Waals surface area (Å²) in [5, 5.41) is 9.54. The predicted octanol–water partition coefficient (Wildman–Crippen LogP) is 1.59. The van der Waals surface area contributed by atoms with Crippen molar-refractivity contribution in [2.24, 2.45) is 5.92 Å². The van der Waals surface area contributed by atoms with Gasteiger partial charge in [-0.3, -0.25) is 9.88 Å². The topological polar surface area (TPSA) is 36.4 Å². The fourth-order valence-electron chi connectivity index (χ4n) is 2.36. The van der Waals surface area contributed by atoms with Crippen LogP contribution in [-0.2, 0) is 6.54 Å². The standard InChI is InChI=1S/C13H20N2O/c1-10-5-12(7-14-6-10)8-15-4-3-13(9-15)11(2)16/h5-7,11,13,16H,3-4,8-9H2,1-2H3. The molecule has 1 N–H and O–H groups in total. The first kappa shape index (κ1) is 11.6. The second-order valence-electron chi connectivity index (χ2n) is 4.90. The molecule has 2 atom stereocenters. The molecule has 1 fully saturated rings. The number of hydrogen-bond donors (Lipinski definition) is 1. The second kappa shape index (κ2) is 4.93. The number of aliphatic hydroxyl groups excluding tert-OH is 1. The van der Waals surface area contributed by atoms with Gasteiger partial charge in [-0.2, -0.15) is 0 Å². The molecule has 1 aromatic rings. The minimum atomic E-state index is -0.180. The SMILES string of the molecule is Cc1cncc(CN2CCC(C(C)O)C2)c1. The van der Waals surface area contributed by atoms with Gasteiger partial charge in [0, 0.05) is 25.5 Å². The Morgan fingerprint density at radius 2 is 2.38 bits per heavy atom. The summed E-state index contributed by atoms with van der Waals surface area (Å²) in [6.45, 7) is 7.01. The molecule has 1 aromatic heterocycles. The van der Waals surface area contributed by atoms with Crippen molar-refractivity contribution in [3.8, 4) is 0 Å². The number of likely N-dealkylation sites (tertiary alicyclic amines) is 1. The van der Waals surface area contributed by atoms with Crippen LogP contribution in [0.5, 0.6) is 0 Å². The van der Waals surface area contributed by atoms with Crippen LogP contribution in [0.25, 0.3) is 0 Å². The summed E-state index contributed by atoms with van der Waals surface area (Å²) in [6, 6.07) is 2.18. The van der Waals surface area contributed by atoms with Gasteiger partial charge in [0.05, 0.1) is 6.10 Å². The van der Waals surface area contributed by atoms with E-state index in [-0.39, 0.29) is 6.10 Å². The van der Waals surface area contributed by atoms with Crippen molar-refractivity contribution < 1.29 is 5.11 Å². The second-order valence-corrected chi connectivity index (χ2v) is 4.90. The molecule has 3 heteroatoms. The molecule has 16 heavy (non-hydrogen) atoms. The lowest BCUT2D eigenvalue weighted by Gasteiger charge is -2.17. The Morgan fingerprint density at radius 3 is 3.00 bits per heavy atom. The summed E-state index contributed by atoms with van der Waals surface area (Å²) in [5.41, 5.74) is 2.48. The lowest BCUT2D eigenvalue weighted by Crippen LogP contribution is -2.24. The van der Waals surface area contributed by atoms with E-state index in [0.717, 1.165) is 26.1 Å². The van der Waals surface area contributed by atoms with E-state index < -0.39 is 0 Å². The van der Waals surface area contributed by atoms with Gasteiger partial charge < -0.3 is 5.11 Å². The van der Waals surface area contributed by atoms with E-state index in [1.807, 2.05) is 19.3 Å². The third-order valence-electron chi connectivity index (χ3n) is 3.33. The molecule has 0 aliphatic carbocycles. The number of aliphatic hydroxyl groups is 1. The van der Waals surface area contributed by atoms with Gasteiger partial charge >= 0.3 is 0 Å². The van der Waals surface area contributed by atoms with Crippen LogP contribution in [0, 0.1) is 12.8 Å². The van der Waals surface area contributed by atoms with E-state index in [1.54, 1.807) is 0 Å². The quantitative estimate of drug-likeness (QED) is 0.840. The Bertz CT molecular complexity index is 352. The molecule has 1 aliphatic heterocycles. The van der Waals surface area contributed by atoms with Crippen molar-refractivity contribution in [1.82, 2.24) is 9.88 Å². The number of nitrogens with zero attached hydrogens (tertiary/aromatic N) is 2. The lowest BCUT2D eigenvalue weighted by molar-refractivity contribution is 0.127. The van der Waals surface area contributed by atoms with Crippen molar-refractivity contribution in [2.75, 3.05) is 13.1 Å². The summed E-state index contributed by atoms with van der Waals surface area (Å²) in [6.07, 6.45) is 4.74. The van der Waals surface area contributed by atoms with Crippen molar-refractivity contribution >= 4 is 0 Å². The zero-order chi connectivity index (χ0) is 11.5. The summed E-state index contributed by atoms with van der Waals surface area (Å²) in [7, 11) is 0. The average molecular weight is 220 g/mol. The summed E-state index contributed by atoms with van der Waals surface area (Å²) < 4.78 is 0. The van der Waals surface area contributed by atoms with Crippen LogP contribution < -0.4 is 0 Å². The molecular weight excluding hydrogens is 200 g/mol. The van der Waals surface area contributed by atoms with Gasteiger partial charge in [0.2, 0.25) is 0 Å². The first-order chi connectivity index (χ1) is 7.65. The van der Waals surface area contributed by atoms with Crippen LogP contribution in [0.1, 0.15) is 24.5 Å². The lowest BCUT2D eigenvalue weighted by atomic mass is 10.0. The van der Waals surface area contributed by atoms with Crippen LogP contribution >= 0.6 is 0 Å². The molecule has 0 radical (unpaired) electrons. The van der Waals surface area contributed by atoms with Crippen molar-refractivity contribution in [3.63, 3.8) is 0 Å². The molecule has 0 spiro atoms. The maximum atomic E-state index is 9.54. The molecule has 2 heterocycles. The molecule has 0 aromatic carbocycles. The van der Waals surface area contributed by atoms with Gasteiger partial charge in [-0.05, 0) is 43.9 Å². The zero-order valence-electron chi connectivity index (χ0n) is 10.1. The molecule has 0 saturated carbocycles. The third-order valence-corrected chi connectivity index (χ3v) is 3.33. The van der Waals surface area contributed by atoms with Gasteiger partial charge in [0.25, 0.3) is 0 Å². The molecule has 0 bridgehead atoms. The Kier molecular flexibility index (Phi) is 3.56. The van der Waals surface area contributed by atoms with Gasteiger partial charge in [-0.25, -0.2) is 0 Å². The Hall–Kier alpha value is -0.930. The van der Waals surface area contributed by atoms with E-state index in [0.29, 0.717) is 5.92 Å². The molecule has 88 valence electrons. The minimum absolute atomic E-state index is 0.180. The van der Waals surface area contributed by atoms with E-state index in [9.17, 15) is 5.11 Å². The average Bonchev–Trinajstić information content (AvgIpc) is 2.66. The van der Waals surface area contributed by atoms with Gasteiger partial charge in [0.15, 0.2) is 0 Å². The first-order valence-corrected chi connectivity index (χ1v) is 5.96. The maximum absolute atomic E-state index is 9.54. The van der Waals surface area contributed by atoms with Crippen LogP contribution in [-0.4, -0.2) is 34.2 Å². The molecule has 0 amide bonds. The monoisotopic (exact) mass is 220 g/mol. The molecular formula is C13H20N2O. The van der Waals surface area contributed by atoms with E-state index in [2.05, 4.69) is 22.9 Å². The summed E-state index contributed by atoms with van der Waals surface area (Å²) in [5.74, 6) is 0.442. The first-order valence-electron chi connectivity index (χ1n) is 5.96. The Morgan fingerprint density at radius 1 is 1.56 bits per heavy atom. The number of aryl methyl sites for hydroxylation is 1. The van der Waals surface area contributed by atoms with Crippen molar-refractivity contribution in [1.29, 1.82) is 0 Å². The molecule has 3 nitrogen and oxygen atoms in total. The minimum Gasteiger partial charge on any atom is -0.393 e. The van der Waals surface area contributed by atoms with Gasteiger partial charge in [0.1, 0.15) is 0 Å². The number of aromatic nitrogens is 1. The zero-order valence-corrected chi connectivity index (χ0v) is 10.1. The summed E-state index contributed by atoms with van der Waals surface area (Å²) >= 11 is 0. The molecule has 2 rings (SSSR count). The van der Waals surface area contributed by atoms with Crippen molar-refractivity contribution in [3.05, 3.63) is 29.6 Å². The fraction of sp³-hybridized carbons (Fsp3) is 0.615. The highest BCUT2D eigenvalue weighted by Crippen LogP contribution is 2.21. The Balaban J connectivity index is 1.92. The smallest absolute Gasteiger partial charge is 0.0552 e. The van der Waals surface area contributed by atoms with Crippen molar-refractivity contribution in [2.45, 2.75) is 32.9 Å². The van der Waals surface area contributed by atoms with E-state index in [4.69, 9.17) is 0 Å². The van der Waals surface area contributed by atoms with Crippen LogP contribution in [0.2, 0.25) is 0 Å². The van der Waals surface area contributed by atoms with Crippen LogP contribution in [0.3, 0.4) is 0 Å². The number of pyridine rings is 1. The van der Waals surface area contributed by atoms with Gasteiger partial charge in [-0.15, -0.1) is 0 Å². The van der Waals surface area contributed by atoms with Crippen LogP contribution in [0.15, 0.2) is 18.5 Å². The number of hydrogen-bond acceptors (Lipinski definition) is 3. The predicted molar refractivity (Wildman–Crippen MR) is 64.0 cm³/mol. The largest absolute Gasteiger partial charge is 0.393 e. The van der Waals surface area contributed by atoms with E-state index in [1.165, 1.54) is 11.1 Å². The third kappa shape index (κ3) is 2.80. The Labute approximate surface area is 97.1 Å². The fourth-order valence-corrected chi connectivity index (χ4v) is 2.36. The number of rotatable bonds is 3. The highest BCUT2D eigenvalue weighted by atomic mass is 16.3. The normalized spacial score (nSPS) is 23.6. The molecule has 1 aliphatic rings. The van der Waals surface area contributed by atoms with Crippen LogP contribution in [0.4, 0.5) is 0 Å². The highest BCUT2D eigenvalue weighted by Gasteiger charge is 2.25. The van der Waals surface area contributed by atoms with Gasteiger partial charge in [-0.1, -0.05) is 6.07 Å². The summed E-state index contributed by atoms with van der Waals surface area (Å²) in [4.78, 5) is 6.60. The maximum Gasteiger partial charge on any atom is 0.0552 e.